The number of anilines is 2. The second kappa shape index (κ2) is 9.29. The number of furan rings is 1. The van der Waals surface area contributed by atoms with E-state index in [0.717, 1.165) is 15.8 Å². The first-order chi connectivity index (χ1) is 15.0. The normalized spacial score (nSPS) is 10.8. The molecule has 4 aromatic rings. The van der Waals surface area contributed by atoms with E-state index in [1.165, 1.54) is 6.92 Å². The van der Waals surface area contributed by atoms with Crippen LogP contribution in [0.4, 0.5) is 11.4 Å². The zero-order valence-corrected chi connectivity index (χ0v) is 18.2. The Labute approximate surface area is 188 Å². The molecule has 0 spiro atoms. The largest absolute Gasteiger partial charge is 0.451 e. The highest BCUT2D eigenvalue weighted by atomic mass is 35.5. The number of fused-ring (bicyclic) bond motifs is 1. The third-order valence-electron chi connectivity index (χ3n) is 4.56. The molecule has 0 aliphatic rings. The standard InChI is InChI=1S/C24H19ClN2O3S/c1-15(28)26-17-8-10-18(11-9-17)27-24(29)23-21(20-4-2-3-5-22(20)30-23)14-31-19-12-6-16(25)7-13-19/h2-13H,14H2,1H3,(H,26,28)(H,27,29). The van der Waals surface area contributed by atoms with Crippen molar-refractivity contribution in [1.82, 2.24) is 0 Å². The summed E-state index contributed by atoms with van der Waals surface area (Å²) in [4.78, 5) is 25.2. The quantitative estimate of drug-likeness (QED) is 0.325. The Morgan fingerprint density at radius 2 is 1.55 bits per heavy atom. The highest BCUT2D eigenvalue weighted by Gasteiger charge is 2.21. The van der Waals surface area contributed by atoms with Gasteiger partial charge < -0.3 is 15.1 Å². The van der Waals surface area contributed by atoms with Gasteiger partial charge in [-0.05, 0) is 54.6 Å². The van der Waals surface area contributed by atoms with Crippen LogP contribution in [-0.4, -0.2) is 11.8 Å². The lowest BCUT2D eigenvalue weighted by molar-refractivity contribution is -0.114. The van der Waals surface area contributed by atoms with Crippen LogP contribution in [0.15, 0.2) is 82.1 Å². The van der Waals surface area contributed by atoms with Crippen molar-refractivity contribution in [3.8, 4) is 0 Å². The van der Waals surface area contributed by atoms with Crippen LogP contribution in [0.3, 0.4) is 0 Å². The van der Waals surface area contributed by atoms with Crippen molar-refractivity contribution in [3.63, 3.8) is 0 Å². The molecule has 0 radical (unpaired) electrons. The van der Waals surface area contributed by atoms with Crippen molar-refractivity contribution >= 4 is 57.5 Å². The maximum atomic E-state index is 13.0. The Morgan fingerprint density at radius 1 is 0.903 bits per heavy atom. The topological polar surface area (TPSA) is 71.3 Å². The van der Waals surface area contributed by atoms with Gasteiger partial charge in [0.1, 0.15) is 5.58 Å². The average molecular weight is 451 g/mol. The minimum atomic E-state index is -0.324. The van der Waals surface area contributed by atoms with Crippen LogP contribution < -0.4 is 10.6 Å². The summed E-state index contributed by atoms with van der Waals surface area (Å²) < 4.78 is 5.91. The number of hydrogen-bond acceptors (Lipinski definition) is 4. The fraction of sp³-hybridized carbons (Fsp3) is 0.0833. The van der Waals surface area contributed by atoms with Crippen molar-refractivity contribution in [2.45, 2.75) is 17.6 Å². The molecule has 0 saturated carbocycles. The minimum Gasteiger partial charge on any atom is -0.451 e. The molecule has 2 N–H and O–H groups in total. The SMILES string of the molecule is CC(=O)Nc1ccc(NC(=O)c2oc3ccccc3c2CSc2ccc(Cl)cc2)cc1. The number of amides is 2. The molecule has 156 valence electrons. The van der Waals surface area contributed by atoms with E-state index in [1.807, 2.05) is 48.5 Å². The molecule has 0 atom stereocenters. The van der Waals surface area contributed by atoms with Gasteiger partial charge in [0.2, 0.25) is 5.91 Å². The maximum absolute atomic E-state index is 13.0. The molecule has 0 aliphatic heterocycles. The second-order valence-electron chi connectivity index (χ2n) is 6.86. The lowest BCUT2D eigenvalue weighted by atomic mass is 10.1. The molecular weight excluding hydrogens is 432 g/mol. The Balaban J connectivity index is 1.57. The number of carbonyl (C=O) groups is 2. The summed E-state index contributed by atoms with van der Waals surface area (Å²) in [7, 11) is 0. The van der Waals surface area contributed by atoms with Crippen LogP contribution in [0.25, 0.3) is 11.0 Å². The summed E-state index contributed by atoms with van der Waals surface area (Å²) in [5.41, 5.74) is 2.77. The summed E-state index contributed by atoms with van der Waals surface area (Å²) in [6.45, 7) is 1.45. The second-order valence-corrected chi connectivity index (χ2v) is 8.35. The number of para-hydroxylation sites is 1. The van der Waals surface area contributed by atoms with Crippen LogP contribution in [0, 0.1) is 0 Å². The summed E-state index contributed by atoms with van der Waals surface area (Å²) in [6.07, 6.45) is 0. The molecular formula is C24H19ClN2O3S. The van der Waals surface area contributed by atoms with Crippen LogP contribution in [-0.2, 0) is 10.5 Å². The number of rotatable bonds is 6. The lowest BCUT2D eigenvalue weighted by Gasteiger charge is -2.07. The maximum Gasteiger partial charge on any atom is 0.291 e. The van der Waals surface area contributed by atoms with Crippen molar-refractivity contribution in [2.75, 3.05) is 10.6 Å². The molecule has 7 heteroatoms. The Hall–Kier alpha value is -3.22. The predicted octanol–water partition coefficient (Wildman–Crippen LogP) is 6.59. The molecule has 4 rings (SSSR count). The lowest BCUT2D eigenvalue weighted by Crippen LogP contribution is -2.13. The Morgan fingerprint density at radius 3 is 2.23 bits per heavy atom. The molecule has 5 nitrogen and oxygen atoms in total. The van der Waals surface area contributed by atoms with E-state index in [1.54, 1.807) is 36.0 Å². The van der Waals surface area contributed by atoms with Gasteiger partial charge in [-0.25, -0.2) is 0 Å². The first kappa shape index (κ1) is 21.0. The monoisotopic (exact) mass is 450 g/mol. The van der Waals surface area contributed by atoms with Crippen molar-refractivity contribution in [1.29, 1.82) is 0 Å². The van der Waals surface area contributed by atoms with E-state index < -0.39 is 0 Å². The summed E-state index contributed by atoms with van der Waals surface area (Å²) >= 11 is 7.58. The van der Waals surface area contributed by atoms with Gasteiger partial charge in [-0.2, -0.15) is 0 Å². The van der Waals surface area contributed by atoms with Gasteiger partial charge in [0.05, 0.1) is 0 Å². The third-order valence-corrected chi connectivity index (χ3v) is 5.85. The molecule has 0 bridgehead atoms. The molecule has 3 aromatic carbocycles. The zero-order chi connectivity index (χ0) is 21.8. The Kier molecular flexibility index (Phi) is 6.30. The van der Waals surface area contributed by atoms with Crippen LogP contribution in [0.2, 0.25) is 5.02 Å². The summed E-state index contributed by atoms with van der Waals surface area (Å²) in [6, 6.07) is 22.1. The van der Waals surface area contributed by atoms with Gasteiger partial charge in [0, 0.05) is 44.9 Å². The van der Waals surface area contributed by atoms with E-state index in [0.29, 0.717) is 27.7 Å². The number of benzene rings is 3. The van der Waals surface area contributed by atoms with Gasteiger partial charge in [-0.3, -0.25) is 9.59 Å². The molecule has 0 aliphatic carbocycles. The van der Waals surface area contributed by atoms with E-state index >= 15 is 0 Å². The Bertz CT molecular complexity index is 1230. The molecule has 31 heavy (non-hydrogen) atoms. The fourth-order valence-electron chi connectivity index (χ4n) is 3.14. The van der Waals surface area contributed by atoms with E-state index in [4.69, 9.17) is 16.0 Å². The molecule has 1 aromatic heterocycles. The van der Waals surface area contributed by atoms with Gasteiger partial charge in [0.25, 0.3) is 5.91 Å². The fourth-order valence-corrected chi connectivity index (χ4v) is 4.19. The van der Waals surface area contributed by atoms with E-state index in [2.05, 4.69) is 10.6 Å². The third kappa shape index (κ3) is 5.10. The number of carbonyl (C=O) groups excluding carboxylic acids is 2. The van der Waals surface area contributed by atoms with Gasteiger partial charge in [-0.1, -0.05) is 29.8 Å². The molecule has 2 amide bonds. The number of thioether (sulfide) groups is 1. The number of halogens is 1. The predicted molar refractivity (Wildman–Crippen MR) is 126 cm³/mol. The smallest absolute Gasteiger partial charge is 0.291 e. The van der Waals surface area contributed by atoms with Crippen LogP contribution >= 0.6 is 23.4 Å². The molecule has 0 saturated heterocycles. The number of hydrogen-bond donors (Lipinski definition) is 2. The first-order valence-corrected chi connectivity index (χ1v) is 10.9. The average Bonchev–Trinajstić information content (AvgIpc) is 3.13. The number of nitrogens with one attached hydrogen (secondary N) is 2. The highest BCUT2D eigenvalue weighted by Crippen LogP contribution is 2.33. The van der Waals surface area contributed by atoms with Crippen molar-refractivity contribution in [2.24, 2.45) is 0 Å². The summed E-state index contributed by atoms with van der Waals surface area (Å²) in [5, 5.41) is 7.17. The van der Waals surface area contributed by atoms with Gasteiger partial charge in [-0.15, -0.1) is 11.8 Å². The molecule has 0 unspecified atom stereocenters. The van der Waals surface area contributed by atoms with Crippen molar-refractivity contribution in [3.05, 3.63) is 89.1 Å². The van der Waals surface area contributed by atoms with Gasteiger partial charge >= 0.3 is 0 Å². The van der Waals surface area contributed by atoms with Crippen molar-refractivity contribution < 1.29 is 14.0 Å². The molecule has 0 fully saturated rings. The minimum absolute atomic E-state index is 0.151. The van der Waals surface area contributed by atoms with Crippen LogP contribution in [0.1, 0.15) is 23.0 Å². The van der Waals surface area contributed by atoms with Gasteiger partial charge in [0.15, 0.2) is 5.76 Å². The summed E-state index contributed by atoms with van der Waals surface area (Å²) in [5.74, 6) is 0.383. The highest BCUT2D eigenvalue weighted by molar-refractivity contribution is 7.98. The van der Waals surface area contributed by atoms with Crippen LogP contribution in [0.5, 0.6) is 0 Å². The van der Waals surface area contributed by atoms with E-state index in [-0.39, 0.29) is 17.6 Å². The molecule has 1 heterocycles. The first-order valence-electron chi connectivity index (χ1n) is 9.57. The van der Waals surface area contributed by atoms with E-state index in [9.17, 15) is 9.59 Å². The zero-order valence-electron chi connectivity index (χ0n) is 16.6.